The molecule has 8 nitrogen and oxygen atoms in total. The number of methoxy groups -OCH3 is 1. The largest absolute Gasteiger partial charge is 0.497 e. The lowest BCUT2D eigenvalue weighted by molar-refractivity contribution is 0.0746. The van der Waals surface area contributed by atoms with Crippen LogP contribution in [0, 0.1) is 0 Å². The fourth-order valence-electron chi connectivity index (χ4n) is 3.67. The Morgan fingerprint density at radius 3 is 2.68 bits per heavy atom. The summed E-state index contributed by atoms with van der Waals surface area (Å²) in [6.45, 7) is 4.02. The maximum Gasteiger partial charge on any atom is 0.254 e. The van der Waals surface area contributed by atoms with Crippen LogP contribution < -0.4 is 14.5 Å². The fraction of sp³-hybridized carbons (Fsp3) is 0.450. The van der Waals surface area contributed by atoms with Crippen molar-refractivity contribution in [2.24, 2.45) is 0 Å². The number of aliphatic hydroxyl groups excluding tert-OH is 1. The predicted octanol–water partition coefficient (Wildman–Crippen LogP) is 1.02. The number of piperazine rings is 1. The highest BCUT2D eigenvalue weighted by molar-refractivity contribution is 5.94. The summed E-state index contributed by atoms with van der Waals surface area (Å²) in [5.41, 5.74) is 0.638. The lowest BCUT2D eigenvalue weighted by Gasteiger charge is -2.35. The lowest BCUT2D eigenvalue weighted by Crippen LogP contribution is -2.49. The number of amides is 1. The van der Waals surface area contributed by atoms with Gasteiger partial charge >= 0.3 is 0 Å². The summed E-state index contributed by atoms with van der Waals surface area (Å²) in [6, 6.07) is 9.12. The third kappa shape index (κ3) is 3.87. The van der Waals surface area contributed by atoms with Gasteiger partial charge in [-0.15, -0.1) is 0 Å². The van der Waals surface area contributed by atoms with E-state index >= 15 is 0 Å². The summed E-state index contributed by atoms with van der Waals surface area (Å²) in [5.74, 6) is 2.21. The lowest BCUT2D eigenvalue weighted by atomic mass is 10.1. The molecule has 3 heterocycles. The van der Waals surface area contributed by atoms with Gasteiger partial charge in [0.05, 0.1) is 13.2 Å². The minimum atomic E-state index is -0.287. The van der Waals surface area contributed by atoms with Crippen LogP contribution >= 0.6 is 0 Å². The van der Waals surface area contributed by atoms with E-state index in [-0.39, 0.29) is 12.0 Å². The Bertz CT molecular complexity index is 838. The highest BCUT2D eigenvalue weighted by atomic mass is 16.5. The highest BCUT2D eigenvalue weighted by Gasteiger charge is 2.25. The minimum Gasteiger partial charge on any atom is -0.497 e. The average Bonchev–Trinajstić information content (AvgIpc) is 3.20. The van der Waals surface area contributed by atoms with Gasteiger partial charge in [-0.25, -0.2) is 4.98 Å². The van der Waals surface area contributed by atoms with E-state index in [4.69, 9.17) is 4.74 Å². The number of carbonyl (C=O) groups excluding carboxylic acids is 1. The smallest absolute Gasteiger partial charge is 0.254 e. The van der Waals surface area contributed by atoms with Gasteiger partial charge in [-0.05, 0) is 30.7 Å². The predicted molar refractivity (Wildman–Crippen MR) is 106 cm³/mol. The summed E-state index contributed by atoms with van der Waals surface area (Å²) in [4.78, 5) is 27.9. The molecule has 1 unspecified atom stereocenters. The van der Waals surface area contributed by atoms with Crippen LogP contribution in [0.2, 0.25) is 0 Å². The van der Waals surface area contributed by atoms with E-state index in [1.54, 1.807) is 19.4 Å². The number of aliphatic hydroxyl groups is 1. The molecule has 1 aromatic carbocycles. The van der Waals surface area contributed by atoms with Crippen LogP contribution in [-0.2, 0) is 0 Å². The van der Waals surface area contributed by atoms with Crippen molar-refractivity contribution in [1.29, 1.82) is 0 Å². The zero-order valence-electron chi connectivity index (χ0n) is 16.0. The van der Waals surface area contributed by atoms with Gasteiger partial charge in [-0.1, -0.05) is 6.07 Å². The maximum absolute atomic E-state index is 12.8. The third-order valence-electron chi connectivity index (χ3n) is 5.28. The first-order valence-electron chi connectivity index (χ1n) is 9.58. The summed E-state index contributed by atoms with van der Waals surface area (Å²) in [7, 11) is 1.60. The fourth-order valence-corrected chi connectivity index (χ4v) is 3.67. The van der Waals surface area contributed by atoms with Crippen molar-refractivity contribution >= 4 is 17.7 Å². The first-order valence-corrected chi connectivity index (χ1v) is 9.58. The molecule has 2 aliphatic heterocycles. The van der Waals surface area contributed by atoms with Crippen molar-refractivity contribution in [2.45, 2.75) is 12.5 Å². The summed E-state index contributed by atoms with van der Waals surface area (Å²) < 4.78 is 5.21. The van der Waals surface area contributed by atoms with E-state index in [1.165, 1.54) is 0 Å². The van der Waals surface area contributed by atoms with Gasteiger partial charge in [0.2, 0.25) is 5.95 Å². The molecule has 28 heavy (non-hydrogen) atoms. The highest BCUT2D eigenvalue weighted by Crippen LogP contribution is 2.21. The SMILES string of the molecule is COc1cccc(C(=O)N2CCN(c3nccc(N4CCC(O)C4)n3)CC2)c1. The molecule has 0 aliphatic carbocycles. The molecule has 2 saturated heterocycles. The molecule has 4 rings (SSSR count). The van der Waals surface area contributed by atoms with Crippen molar-refractivity contribution in [1.82, 2.24) is 14.9 Å². The van der Waals surface area contributed by atoms with Gasteiger partial charge in [0.15, 0.2) is 0 Å². The monoisotopic (exact) mass is 383 g/mol. The molecule has 1 atom stereocenters. The number of hydrogen-bond acceptors (Lipinski definition) is 7. The van der Waals surface area contributed by atoms with E-state index in [1.807, 2.05) is 29.2 Å². The van der Waals surface area contributed by atoms with E-state index in [0.717, 1.165) is 18.8 Å². The first kappa shape index (κ1) is 18.5. The summed E-state index contributed by atoms with van der Waals surface area (Å²) in [6.07, 6.45) is 2.24. The number of hydrogen-bond donors (Lipinski definition) is 1. The number of carbonyl (C=O) groups is 1. The van der Waals surface area contributed by atoms with Crippen molar-refractivity contribution in [3.8, 4) is 5.75 Å². The van der Waals surface area contributed by atoms with Crippen LogP contribution in [0.4, 0.5) is 11.8 Å². The molecule has 2 fully saturated rings. The Hall–Kier alpha value is -2.87. The molecule has 1 aromatic heterocycles. The standard InChI is InChI=1S/C20H25N5O3/c1-28-17-4-2-3-15(13-17)19(27)23-9-11-24(12-10-23)20-21-7-5-18(22-20)25-8-6-16(26)14-25/h2-5,7,13,16,26H,6,8-12,14H2,1H3. The van der Waals surface area contributed by atoms with Crippen molar-refractivity contribution in [3.63, 3.8) is 0 Å². The molecule has 0 radical (unpaired) electrons. The molecule has 1 amide bonds. The van der Waals surface area contributed by atoms with E-state index in [9.17, 15) is 9.90 Å². The topological polar surface area (TPSA) is 82.0 Å². The van der Waals surface area contributed by atoms with Gasteiger partial charge in [0.25, 0.3) is 5.91 Å². The molecule has 148 valence electrons. The number of rotatable bonds is 4. The quantitative estimate of drug-likeness (QED) is 0.844. The molecule has 1 N–H and O–H groups in total. The molecule has 0 bridgehead atoms. The minimum absolute atomic E-state index is 0.0132. The molecule has 2 aromatic rings. The molecule has 2 aliphatic rings. The third-order valence-corrected chi connectivity index (χ3v) is 5.28. The van der Waals surface area contributed by atoms with Crippen LogP contribution in [0.3, 0.4) is 0 Å². The van der Waals surface area contributed by atoms with Gasteiger partial charge in [0, 0.05) is 51.0 Å². The van der Waals surface area contributed by atoms with E-state index < -0.39 is 0 Å². The zero-order valence-corrected chi connectivity index (χ0v) is 16.0. The Labute approximate surface area is 164 Å². The summed E-state index contributed by atoms with van der Waals surface area (Å²) >= 11 is 0. The van der Waals surface area contributed by atoms with Crippen molar-refractivity contribution in [3.05, 3.63) is 42.1 Å². The summed E-state index contributed by atoms with van der Waals surface area (Å²) in [5, 5.41) is 9.75. The van der Waals surface area contributed by atoms with Gasteiger partial charge in [-0.3, -0.25) is 4.79 Å². The number of nitrogens with zero attached hydrogens (tertiary/aromatic N) is 5. The number of β-amino-alcohol motifs (C(OH)–C–C–N with tert-alkyl or cyclic N) is 1. The van der Waals surface area contributed by atoms with Crippen LogP contribution in [0.15, 0.2) is 36.5 Å². The van der Waals surface area contributed by atoms with Gasteiger partial charge in [0.1, 0.15) is 11.6 Å². The van der Waals surface area contributed by atoms with E-state index in [0.29, 0.717) is 50.0 Å². The Balaban J connectivity index is 1.39. The molecule has 0 spiro atoms. The van der Waals surface area contributed by atoms with E-state index in [2.05, 4.69) is 19.8 Å². The average molecular weight is 383 g/mol. The number of ether oxygens (including phenoxy) is 1. The molecule has 0 saturated carbocycles. The second-order valence-electron chi connectivity index (χ2n) is 7.11. The second kappa shape index (κ2) is 8.02. The van der Waals surface area contributed by atoms with Crippen molar-refractivity contribution in [2.75, 3.05) is 56.2 Å². The normalized spacial score (nSPS) is 19.8. The molecule has 8 heteroatoms. The van der Waals surface area contributed by atoms with Crippen LogP contribution in [0.5, 0.6) is 5.75 Å². The maximum atomic E-state index is 12.8. The Morgan fingerprint density at radius 1 is 1.14 bits per heavy atom. The van der Waals surface area contributed by atoms with Crippen LogP contribution in [-0.4, -0.2) is 78.4 Å². The first-order chi connectivity index (χ1) is 13.6. The van der Waals surface area contributed by atoms with Crippen LogP contribution in [0.25, 0.3) is 0 Å². The van der Waals surface area contributed by atoms with Gasteiger partial charge in [-0.2, -0.15) is 4.98 Å². The Morgan fingerprint density at radius 2 is 1.96 bits per heavy atom. The zero-order chi connectivity index (χ0) is 19.5. The number of benzene rings is 1. The number of anilines is 2. The molecular formula is C20H25N5O3. The van der Waals surface area contributed by atoms with Crippen LogP contribution in [0.1, 0.15) is 16.8 Å². The Kier molecular flexibility index (Phi) is 5.29. The number of aromatic nitrogens is 2. The van der Waals surface area contributed by atoms with Crippen molar-refractivity contribution < 1.29 is 14.6 Å². The second-order valence-corrected chi connectivity index (χ2v) is 7.11. The van der Waals surface area contributed by atoms with Gasteiger partial charge < -0.3 is 24.5 Å². The molecular weight excluding hydrogens is 358 g/mol.